The van der Waals surface area contributed by atoms with Crippen LogP contribution in [0.25, 0.3) is 21.6 Å². The number of carbonyl (C=O) groups excluding carboxylic acids is 1. The van der Waals surface area contributed by atoms with Gasteiger partial charge in [-0.05, 0) is 68.4 Å². The second-order valence-electron chi connectivity index (χ2n) is 10.8. The van der Waals surface area contributed by atoms with E-state index in [2.05, 4.69) is 25.5 Å². The van der Waals surface area contributed by atoms with E-state index in [1.54, 1.807) is 31.2 Å². The summed E-state index contributed by atoms with van der Waals surface area (Å²) in [4.78, 5) is 29.8. The molecule has 0 amide bonds. The molecule has 0 bridgehead atoms. The summed E-state index contributed by atoms with van der Waals surface area (Å²) >= 11 is 0. The first-order valence-electron chi connectivity index (χ1n) is 14.6. The molecule has 1 aliphatic carbocycles. The van der Waals surface area contributed by atoms with Gasteiger partial charge >= 0.3 is 5.97 Å². The predicted molar refractivity (Wildman–Crippen MR) is 158 cm³/mol. The standard InChI is InChI=1S/C33H32FN5O4/c1-3-41-33(40)29-14-13-28-32(38-29)39(19-25-15-16-42-25)30(36-28)17-21-7-9-22(10-8-21)27-5-4-6-31(37-27)43-20-23-11-12-24(35-2)18-26(23)34/h4-6,9,11-14,18,21,25H,3,7-8,10,15-17,19-20H2,1H3/t21?,25-/m0/s1. The lowest BCUT2D eigenvalue weighted by Gasteiger charge is -2.28. The molecule has 0 radical (unpaired) electrons. The largest absolute Gasteiger partial charge is 0.473 e. The van der Waals surface area contributed by atoms with E-state index in [-0.39, 0.29) is 24.1 Å². The summed E-state index contributed by atoms with van der Waals surface area (Å²) in [6.45, 7) is 10.5. The van der Waals surface area contributed by atoms with Gasteiger partial charge in [-0.3, -0.25) is 0 Å². The van der Waals surface area contributed by atoms with Crippen LogP contribution in [-0.2, 0) is 29.0 Å². The van der Waals surface area contributed by atoms with Gasteiger partial charge in [0.15, 0.2) is 17.0 Å². The van der Waals surface area contributed by atoms with Crippen LogP contribution in [0, 0.1) is 18.3 Å². The van der Waals surface area contributed by atoms with Crippen LogP contribution in [0.1, 0.15) is 60.2 Å². The summed E-state index contributed by atoms with van der Waals surface area (Å²) in [5.41, 5.74) is 4.37. The third kappa shape index (κ3) is 6.42. The Morgan fingerprint density at radius 1 is 1.16 bits per heavy atom. The Bertz CT molecular complexity index is 1720. The lowest BCUT2D eigenvalue weighted by Crippen LogP contribution is -2.32. The molecular weight excluding hydrogens is 549 g/mol. The minimum absolute atomic E-state index is 0.0325. The molecular formula is C33H32FN5O4. The number of carbonyl (C=O) groups is 1. The topological polar surface area (TPSA) is 92.7 Å². The van der Waals surface area contributed by atoms with Crippen LogP contribution in [-0.4, -0.2) is 44.8 Å². The second kappa shape index (κ2) is 12.7. The monoisotopic (exact) mass is 581 g/mol. The molecule has 3 aromatic heterocycles. The fraction of sp³-hybridized carbons (Fsp3) is 0.364. The Hall–Kier alpha value is -4.62. The molecule has 9 nitrogen and oxygen atoms in total. The van der Waals surface area contributed by atoms with E-state index in [0.717, 1.165) is 61.3 Å². The number of hydrogen-bond acceptors (Lipinski definition) is 7. The molecule has 1 aromatic carbocycles. The van der Waals surface area contributed by atoms with E-state index in [4.69, 9.17) is 25.8 Å². The maximum absolute atomic E-state index is 14.3. The summed E-state index contributed by atoms with van der Waals surface area (Å²) in [5, 5.41) is 0. The van der Waals surface area contributed by atoms with Crippen molar-refractivity contribution >= 4 is 28.4 Å². The minimum atomic E-state index is -0.463. The fourth-order valence-corrected chi connectivity index (χ4v) is 5.46. The molecule has 0 N–H and O–H groups in total. The number of imidazole rings is 1. The van der Waals surface area contributed by atoms with Crippen LogP contribution < -0.4 is 4.74 Å². The van der Waals surface area contributed by atoms with Crippen LogP contribution in [0.15, 0.2) is 54.6 Å². The third-order valence-electron chi connectivity index (χ3n) is 7.92. The van der Waals surface area contributed by atoms with Crippen molar-refractivity contribution in [3.63, 3.8) is 0 Å². The number of fused-ring (bicyclic) bond motifs is 1. The van der Waals surface area contributed by atoms with Crippen molar-refractivity contribution in [1.29, 1.82) is 0 Å². The molecule has 4 aromatic rings. The first kappa shape index (κ1) is 28.5. The molecule has 43 heavy (non-hydrogen) atoms. The minimum Gasteiger partial charge on any atom is -0.473 e. The highest BCUT2D eigenvalue weighted by molar-refractivity contribution is 5.89. The van der Waals surface area contributed by atoms with Crippen molar-refractivity contribution in [2.24, 2.45) is 5.92 Å². The lowest BCUT2D eigenvalue weighted by atomic mass is 9.86. The summed E-state index contributed by atoms with van der Waals surface area (Å²) in [7, 11) is 0. The molecule has 0 saturated carbocycles. The maximum atomic E-state index is 14.3. The number of halogens is 1. The highest BCUT2D eigenvalue weighted by Crippen LogP contribution is 2.33. The Morgan fingerprint density at radius 3 is 2.77 bits per heavy atom. The quantitative estimate of drug-likeness (QED) is 0.156. The summed E-state index contributed by atoms with van der Waals surface area (Å²) < 4.78 is 33.0. The van der Waals surface area contributed by atoms with Gasteiger partial charge in [-0.2, -0.15) is 0 Å². The molecule has 6 rings (SSSR count). The Labute approximate surface area is 249 Å². The number of pyridine rings is 2. The van der Waals surface area contributed by atoms with Gasteiger partial charge < -0.3 is 18.8 Å². The third-order valence-corrected chi connectivity index (χ3v) is 7.92. The summed E-state index contributed by atoms with van der Waals surface area (Å²) in [5.74, 6) is 0.873. The second-order valence-corrected chi connectivity index (χ2v) is 10.8. The van der Waals surface area contributed by atoms with Gasteiger partial charge in [-0.25, -0.2) is 29.0 Å². The van der Waals surface area contributed by atoms with Crippen molar-refractivity contribution in [3.8, 4) is 5.88 Å². The molecule has 2 aliphatic rings. The number of rotatable bonds is 10. The van der Waals surface area contributed by atoms with Gasteiger partial charge in [-0.1, -0.05) is 24.3 Å². The Morgan fingerprint density at radius 2 is 2.05 bits per heavy atom. The number of ether oxygens (including phenoxy) is 3. The van der Waals surface area contributed by atoms with Crippen molar-refractivity contribution in [1.82, 2.24) is 19.5 Å². The van der Waals surface area contributed by atoms with E-state index in [1.165, 1.54) is 6.07 Å². The average Bonchev–Trinajstić information content (AvgIpc) is 3.34. The molecule has 1 unspecified atom stereocenters. The van der Waals surface area contributed by atoms with Crippen LogP contribution in [0.3, 0.4) is 0 Å². The number of hydrogen-bond donors (Lipinski definition) is 0. The number of allylic oxidation sites excluding steroid dienone is 2. The Balaban J connectivity index is 1.14. The maximum Gasteiger partial charge on any atom is 0.357 e. The molecule has 1 fully saturated rings. The van der Waals surface area contributed by atoms with E-state index in [1.807, 2.05) is 18.2 Å². The van der Waals surface area contributed by atoms with Crippen molar-refractivity contribution in [2.75, 3.05) is 13.2 Å². The van der Waals surface area contributed by atoms with E-state index >= 15 is 0 Å². The van der Waals surface area contributed by atoms with Gasteiger partial charge in [0.05, 0.1) is 31.5 Å². The van der Waals surface area contributed by atoms with Gasteiger partial charge in [-0.15, -0.1) is 0 Å². The molecule has 4 heterocycles. The number of aromatic nitrogens is 4. The first-order valence-corrected chi connectivity index (χ1v) is 14.6. The van der Waals surface area contributed by atoms with Crippen LogP contribution in [0.2, 0.25) is 0 Å². The smallest absolute Gasteiger partial charge is 0.357 e. The van der Waals surface area contributed by atoms with Gasteiger partial charge in [0.2, 0.25) is 5.88 Å². The SMILES string of the molecule is [C-]#[N+]c1ccc(COc2cccc(C3=CCC(Cc4nc5ccc(C(=O)OCC)nc5n4C[C@@H]4CCO4)CC3)n2)c(F)c1. The van der Waals surface area contributed by atoms with Crippen LogP contribution >= 0.6 is 0 Å². The zero-order valence-corrected chi connectivity index (χ0v) is 24.0. The fourth-order valence-electron chi connectivity index (χ4n) is 5.46. The first-order chi connectivity index (χ1) is 21.0. The lowest BCUT2D eigenvalue weighted by molar-refractivity contribution is -0.0591. The van der Waals surface area contributed by atoms with Crippen LogP contribution in [0.4, 0.5) is 10.1 Å². The van der Waals surface area contributed by atoms with Crippen molar-refractivity contribution in [3.05, 3.63) is 94.6 Å². The average molecular weight is 582 g/mol. The van der Waals surface area contributed by atoms with E-state index < -0.39 is 11.8 Å². The van der Waals surface area contributed by atoms with Gasteiger partial charge in [0.25, 0.3) is 0 Å². The summed E-state index contributed by atoms with van der Waals surface area (Å²) in [6, 6.07) is 13.5. The molecule has 10 heteroatoms. The Kier molecular flexibility index (Phi) is 8.43. The van der Waals surface area contributed by atoms with Gasteiger partial charge in [0, 0.05) is 24.7 Å². The molecule has 1 aliphatic heterocycles. The predicted octanol–water partition coefficient (Wildman–Crippen LogP) is 6.49. The highest BCUT2D eigenvalue weighted by Gasteiger charge is 2.25. The van der Waals surface area contributed by atoms with Crippen molar-refractivity contribution < 1.29 is 23.4 Å². The highest BCUT2D eigenvalue weighted by atomic mass is 19.1. The van der Waals surface area contributed by atoms with Gasteiger partial charge in [0.1, 0.15) is 23.8 Å². The number of benzene rings is 1. The zero-order chi connectivity index (χ0) is 29.8. The number of esters is 1. The number of nitrogens with zero attached hydrogens (tertiary/aromatic N) is 5. The van der Waals surface area contributed by atoms with E-state index in [0.29, 0.717) is 36.2 Å². The zero-order valence-electron chi connectivity index (χ0n) is 24.0. The molecule has 220 valence electrons. The normalized spacial score (nSPS) is 18.0. The van der Waals surface area contributed by atoms with Crippen molar-refractivity contribution in [2.45, 2.75) is 58.3 Å². The summed E-state index contributed by atoms with van der Waals surface area (Å²) in [6.07, 6.45) is 6.86. The molecule has 0 spiro atoms. The molecule has 2 atom stereocenters. The molecule has 1 saturated heterocycles. The van der Waals surface area contributed by atoms with Crippen LogP contribution in [0.5, 0.6) is 5.88 Å². The van der Waals surface area contributed by atoms with E-state index in [9.17, 15) is 9.18 Å².